The zero-order chi connectivity index (χ0) is 12.5. The van der Waals surface area contributed by atoms with E-state index in [0.29, 0.717) is 5.02 Å². The highest BCUT2D eigenvalue weighted by Gasteiger charge is 2.35. The van der Waals surface area contributed by atoms with Crippen LogP contribution in [-0.4, -0.2) is 13.7 Å². The normalized spacial score (nSPS) is 28.7. The van der Waals surface area contributed by atoms with E-state index in [4.69, 9.17) is 16.3 Å². The third kappa shape index (κ3) is 2.22. The van der Waals surface area contributed by atoms with E-state index in [1.165, 1.54) is 12.8 Å². The van der Waals surface area contributed by atoms with Gasteiger partial charge in [-0.05, 0) is 48.8 Å². The van der Waals surface area contributed by atoms with Crippen molar-refractivity contribution in [3.8, 4) is 5.75 Å². The van der Waals surface area contributed by atoms with Gasteiger partial charge in [0, 0.05) is 12.2 Å². The number of fused-ring (bicyclic) bond motifs is 2. The van der Waals surface area contributed by atoms with Gasteiger partial charge in [-0.2, -0.15) is 0 Å². The Kier molecular flexibility index (Phi) is 3.21. The Morgan fingerprint density at radius 2 is 2.22 bits per heavy atom. The molecule has 3 unspecified atom stereocenters. The maximum Gasteiger partial charge on any atom is 0.137 e. The molecule has 3 rings (SSSR count). The second-order valence-electron chi connectivity index (χ2n) is 5.27. The molecule has 1 N–H and O–H groups in total. The van der Waals surface area contributed by atoms with E-state index in [1.807, 2.05) is 18.2 Å². The summed E-state index contributed by atoms with van der Waals surface area (Å²) in [5.74, 6) is 3.13. The van der Waals surface area contributed by atoms with E-state index < -0.39 is 0 Å². The lowest BCUT2D eigenvalue weighted by Crippen LogP contribution is -2.18. The summed E-state index contributed by atoms with van der Waals surface area (Å²) >= 11 is 6.11. The standard InChI is InChI=1S/C15H18ClNO/c1-18-15-5-4-13(8-14(15)16)17-9-12-7-10-2-3-11(12)6-10/h2-5,8,10-12,17H,6-7,9H2,1H3. The Balaban J connectivity index is 1.60. The zero-order valence-electron chi connectivity index (χ0n) is 10.5. The molecule has 1 saturated carbocycles. The van der Waals surface area contributed by atoms with Crippen LogP contribution in [0.5, 0.6) is 5.75 Å². The molecule has 0 heterocycles. The molecule has 1 aromatic carbocycles. The maximum atomic E-state index is 6.11. The van der Waals surface area contributed by atoms with Crippen LogP contribution < -0.4 is 10.1 Å². The Hall–Kier alpha value is -1.15. The zero-order valence-corrected chi connectivity index (χ0v) is 11.3. The third-order valence-electron chi connectivity index (χ3n) is 4.14. The molecule has 0 spiro atoms. The van der Waals surface area contributed by atoms with Crippen molar-refractivity contribution in [2.75, 3.05) is 19.0 Å². The van der Waals surface area contributed by atoms with Crippen molar-refractivity contribution in [2.24, 2.45) is 17.8 Å². The van der Waals surface area contributed by atoms with E-state index in [9.17, 15) is 0 Å². The van der Waals surface area contributed by atoms with Gasteiger partial charge in [-0.25, -0.2) is 0 Å². The molecule has 2 nitrogen and oxygen atoms in total. The molecular weight excluding hydrogens is 246 g/mol. The summed E-state index contributed by atoms with van der Waals surface area (Å²) in [6.45, 7) is 1.04. The molecule has 3 heteroatoms. The molecule has 18 heavy (non-hydrogen) atoms. The van der Waals surface area contributed by atoms with Crippen molar-refractivity contribution in [3.63, 3.8) is 0 Å². The van der Waals surface area contributed by atoms with E-state index in [2.05, 4.69) is 17.5 Å². The number of rotatable bonds is 4. The molecule has 0 aliphatic heterocycles. The summed E-state index contributed by atoms with van der Waals surface area (Å²) < 4.78 is 5.15. The van der Waals surface area contributed by atoms with Gasteiger partial charge in [-0.15, -0.1) is 0 Å². The topological polar surface area (TPSA) is 21.3 Å². The van der Waals surface area contributed by atoms with Gasteiger partial charge in [0.25, 0.3) is 0 Å². The van der Waals surface area contributed by atoms with Crippen LogP contribution in [0, 0.1) is 17.8 Å². The van der Waals surface area contributed by atoms with Crippen molar-refractivity contribution in [1.82, 2.24) is 0 Å². The highest BCUT2D eigenvalue weighted by atomic mass is 35.5. The van der Waals surface area contributed by atoms with Gasteiger partial charge in [0.15, 0.2) is 0 Å². The van der Waals surface area contributed by atoms with Gasteiger partial charge in [-0.3, -0.25) is 0 Å². The second-order valence-corrected chi connectivity index (χ2v) is 5.68. The van der Waals surface area contributed by atoms with Crippen LogP contribution in [0.15, 0.2) is 30.4 Å². The second kappa shape index (κ2) is 4.85. The van der Waals surface area contributed by atoms with Gasteiger partial charge in [0.1, 0.15) is 5.75 Å². The number of hydrogen-bond acceptors (Lipinski definition) is 2. The molecular formula is C15H18ClNO. The average Bonchev–Trinajstić information content (AvgIpc) is 2.98. The predicted octanol–water partition coefficient (Wildman–Crippen LogP) is 3.97. The molecule has 2 aliphatic carbocycles. The Morgan fingerprint density at radius 3 is 2.83 bits per heavy atom. The van der Waals surface area contributed by atoms with Crippen molar-refractivity contribution in [2.45, 2.75) is 12.8 Å². The lowest BCUT2D eigenvalue weighted by molar-refractivity contribution is 0.415. The largest absolute Gasteiger partial charge is 0.495 e. The fourth-order valence-corrected chi connectivity index (χ4v) is 3.41. The quantitative estimate of drug-likeness (QED) is 0.830. The van der Waals surface area contributed by atoms with Crippen molar-refractivity contribution in [3.05, 3.63) is 35.4 Å². The fourth-order valence-electron chi connectivity index (χ4n) is 3.15. The number of nitrogens with one attached hydrogen (secondary N) is 1. The number of anilines is 1. The van der Waals surface area contributed by atoms with E-state index in [1.54, 1.807) is 7.11 Å². The van der Waals surface area contributed by atoms with E-state index in [-0.39, 0.29) is 0 Å². The smallest absolute Gasteiger partial charge is 0.137 e. The molecule has 2 bridgehead atoms. The number of ether oxygens (including phenoxy) is 1. The summed E-state index contributed by atoms with van der Waals surface area (Å²) in [5, 5.41) is 4.15. The molecule has 0 radical (unpaired) electrons. The Morgan fingerprint density at radius 1 is 1.33 bits per heavy atom. The molecule has 2 aliphatic rings. The van der Waals surface area contributed by atoms with Crippen molar-refractivity contribution >= 4 is 17.3 Å². The van der Waals surface area contributed by atoms with Gasteiger partial charge >= 0.3 is 0 Å². The summed E-state index contributed by atoms with van der Waals surface area (Å²) in [4.78, 5) is 0. The molecule has 1 fully saturated rings. The molecule has 0 saturated heterocycles. The number of allylic oxidation sites excluding steroid dienone is 2. The average molecular weight is 264 g/mol. The van der Waals surface area contributed by atoms with Crippen LogP contribution in [0.4, 0.5) is 5.69 Å². The number of halogens is 1. The summed E-state index contributed by atoms with van der Waals surface area (Å²) in [6.07, 6.45) is 7.46. The number of methoxy groups -OCH3 is 1. The molecule has 3 atom stereocenters. The minimum atomic E-state index is 0.662. The van der Waals surface area contributed by atoms with Crippen LogP contribution in [-0.2, 0) is 0 Å². The SMILES string of the molecule is COc1ccc(NCC2CC3C=CC2C3)cc1Cl. The summed E-state index contributed by atoms with van der Waals surface area (Å²) in [7, 11) is 1.63. The third-order valence-corrected chi connectivity index (χ3v) is 4.43. The Labute approximate surface area is 113 Å². The minimum Gasteiger partial charge on any atom is -0.495 e. The van der Waals surface area contributed by atoms with Gasteiger partial charge in [0.05, 0.1) is 12.1 Å². The van der Waals surface area contributed by atoms with Crippen molar-refractivity contribution < 1.29 is 4.74 Å². The summed E-state index contributed by atoms with van der Waals surface area (Å²) in [5.41, 5.74) is 1.08. The van der Waals surface area contributed by atoms with Crippen LogP contribution in [0.25, 0.3) is 0 Å². The molecule has 96 valence electrons. The lowest BCUT2D eigenvalue weighted by Gasteiger charge is -2.19. The van der Waals surface area contributed by atoms with Gasteiger partial charge in [0.2, 0.25) is 0 Å². The summed E-state index contributed by atoms with van der Waals surface area (Å²) in [6, 6.07) is 5.86. The molecule has 1 aromatic rings. The first-order valence-electron chi connectivity index (χ1n) is 6.52. The number of benzene rings is 1. The van der Waals surface area contributed by atoms with Crippen LogP contribution in [0.3, 0.4) is 0 Å². The van der Waals surface area contributed by atoms with Gasteiger partial charge < -0.3 is 10.1 Å². The predicted molar refractivity (Wildman–Crippen MR) is 75.3 cm³/mol. The minimum absolute atomic E-state index is 0.662. The first-order chi connectivity index (χ1) is 8.76. The lowest BCUT2D eigenvalue weighted by atomic mass is 9.93. The highest BCUT2D eigenvalue weighted by Crippen LogP contribution is 2.43. The van der Waals surface area contributed by atoms with E-state index >= 15 is 0 Å². The number of hydrogen-bond donors (Lipinski definition) is 1. The van der Waals surface area contributed by atoms with Crippen LogP contribution >= 0.6 is 11.6 Å². The van der Waals surface area contributed by atoms with Crippen LogP contribution in [0.2, 0.25) is 5.02 Å². The molecule has 0 amide bonds. The Bertz CT molecular complexity index is 472. The monoisotopic (exact) mass is 263 g/mol. The first kappa shape index (κ1) is 11.9. The van der Waals surface area contributed by atoms with E-state index in [0.717, 1.165) is 35.7 Å². The van der Waals surface area contributed by atoms with Gasteiger partial charge in [-0.1, -0.05) is 23.8 Å². The molecule has 0 aromatic heterocycles. The van der Waals surface area contributed by atoms with Crippen LogP contribution in [0.1, 0.15) is 12.8 Å². The first-order valence-corrected chi connectivity index (χ1v) is 6.90. The fraction of sp³-hybridized carbons (Fsp3) is 0.467. The van der Waals surface area contributed by atoms with Crippen molar-refractivity contribution in [1.29, 1.82) is 0 Å². The maximum absolute atomic E-state index is 6.11. The highest BCUT2D eigenvalue weighted by molar-refractivity contribution is 6.32.